The number of carbonyl (C=O) groups is 2. The van der Waals surface area contributed by atoms with E-state index >= 15 is 0 Å². The van der Waals surface area contributed by atoms with Gasteiger partial charge in [-0.1, -0.05) is 12.1 Å². The number of amides is 2. The largest absolute Gasteiger partial charge is 0.391 e. The summed E-state index contributed by atoms with van der Waals surface area (Å²) in [6.07, 6.45) is -1.54. The fraction of sp³-hybridized carbons (Fsp3) is 0.571. The van der Waals surface area contributed by atoms with Crippen LogP contribution in [-0.4, -0.2) is 55.0 Å². The highest BCUT2D eigenvalue weighted by molar-refractivity contribution is 14.0. The molecular formula is C21H28F3IN4O2. The molecule has 1 heterocycles. The quantitative estimate of drug-likeness (QED) is 0.184. The van der Waals surface area contributed by atoms with Gasteiger partial charge in [0.05, 0.1) is 17.0 Å². The zero-order valence-corrected chi connectivity index (χ0v) is 19.7. The van der Waals surface area contributed by atoms with Crippen molar-refractivity contribution < 1.29 is 22.8 Å². The van der Waals surface area contributed by atoms with Crippen LogP contribution in [0.15, 0.2) is 29.3 Å². The molecule has 3 rings (SSSR count). The van der Waals surface area contributed by atoms with Crippen molar-refractivity contribution in [3.8, 4) is 0 Å². The summed E-state index contributed by atoms with van der Waals surface area (Å²) in [5.74, 6) is -1.15. The zero-order valence-electron chi connectivity index (χ0n) is 17.4. The van der Waals surface area contributed by atoms with Crippen molar-refractivity contribution in [2.24, 2.45) is 10.9 Å². The number of fused-ring (bicyclic) bond motifs is 1. The van der Waals surface area contributed by atoms with Gasteiger partial charge in [0.1, 0.15) is 0 Å². The van der Waals surface area contributed by atoms with Gasteiger partial charge in [-0.2, -0.15) is 13.2 Å². The highest BCUT2D eigenvalue weighted by atomic mass is 127. The zero-order chi connectivity index (χ0) is 21.7. The van der Waals surface area contributed by atoms with E-state index in [1.165, 1.54) is 4.90 Å². The molecule has 1 saturated carbocycles. The smallest absolute Gasteiger partial charge is 0.356 e. The van der Waals surface area contributed by atoms with Crippen LogP contribution in [0.4, 0.5) is 13.2 Å². The van der Waals surface area contributed by atoms with Crippen LogP contribution in [0.5, 0.6) is 0 Å². The molecule has 1 aromatic carbocycles. The van der Waals surface area contributed by atoms with E-state index in [9.17, 15) is 22.8 Å². The summed E-state index contributed by atoms with van der Waals surface area (Å²) >= 11 is 0. The molecule has 0 atom stereocenters. The van der Waals surface area contributed by atoms with Gasteiger partial charge in [-0.25, -0.2) is 0 Å². The molecule has 2 aliphatic rings. The maximum absolute atomic E-state index is 12.8. The van der Waals surface area contributed by atoms with Crippen LogP contribution < -0.4 is 10.6 Å². The molecular weight excluding hydrogens is 524 g/mol. The summed E-state index contributed by atoms with van der Waals surface area (Å²) in [6, 6.07) is 6.79. The van der Waals surface area contributed by atoms with Crippen LogP contribution in [0.25, 0.3) is 0 Å². The van der Waals surface area contributed by atoms with Crippen molar-refractivity contribution in [2.45, 2.75) is 50.7 Å². The molecule has 0 saturated heterocycles. The number of aliphatic imine (C=N–C) groups is 1. The maximum Gasteiger partial charge on any atom is 0.391 e. The van der Waals surface area contributed by atoms with Crippen LogP contribution in [0.3, 0.4) is 0 Å². The standard InChI is InChI=1S/C21H27F3N4O2.HI/c1-25-20(27-15-10-8-14(9-11-15)21(22,23)24)26-12-4-5-13-28-18(29)16-6-2-3-7-17(16)19(28)30;/h2-3,6-7,14-15H,4-5,8-13H2,1H3,(H2,25,26,27);1H. The Morgan fingerprint density at radius 2 is 1.65 bits per heavy atom. The number of rotatable bonds is 6. The first kappa shape index (κ1) is 25.4. The average Bonchev–Trinajstić information content (AvgIpc) is 2.97. The molecule has 0 aromatic heterocycles. The van der Waals surface area contributed by atoms with Crippen molar-refractivity contribution in [3.05, 3.63) is 35.4 Å². The lowest BCUT2D eigenvalue weighted by Crippen LogP contribution is -2.46. The van der Waals surface area contributed by atoms with Gasteiger partial charge in [0.25, 0.3) is 11.8 Å². The molecule has 2 amide bonds. The van der Waals surface area contributed by atoms with Crippen LogP contribution in [-0.2, 0) is 0 Å². The lowest BCUT2D eigenvalue weighted by atomic mass is 9.85. The number of benzene rings is 1. The summed E-state index contributed by atoms with van der Waals surface area (Å²) < 4.78 is 38.3. The third kappa shape index (κ3) is 6.33. The number of alkyl halides is 3. The van der Waals surface area contributed by atoms with Gasteiger partial charge >= 0.3 is 6.18 Å². The fourth-order valence-corrected chi connectivity index (χ4v) is 4.00. The van der Waals surface area contributed by atoms with Gasteiger partial charge in [0.2, 0.25) is 0 Å². The van der Waals surface area contributed by atoms with Gasteiger partial charge in [-0.3, -0.25) is 19.5 Å². The van der Waals surface area contributed by atoms with E-state index in [2.05, 4.69) is 15.6 Å². The number of hydrogen-bond acceptors (Lipinski definition) is 3. The van der Waals surface area contributed by atoms with Gasteiger partial charge in [-0.15, -0.1) is 24.0 Å². The normalized spacial score (nSPS) is 21.5. The van der Waals surface area contributed by atoms with E-state index in [4.69, 9.17) is 0 Å². The molecule has 1 aromatic rings. The second-order valence-corrected chi connectivity index (χ2v) is 7.75. The van der Waals surface area contributed by atoms with E-state index in [0.717, 1.165) is 6.42 Å². The fourth-order valence-electron chi connectivity index (χ4n) is 4.00. The molecule has 0 bridgehead atoms. The first-order valence-electron chi connectivity index (χ1n) is 10.3. The number of halogens is 4. The minimum absolute atomic E-state index is 0. The molecule has 0 radical (unpaired) electrons. The minimum atomic E-state index is -4.11. The topological polar surface area (TPSA) is 73.8 Å². The number of carbonyl (C=O) groups excluding carboxylic acids is 2. The van der Waals surface area contributed by atoms with E-state index in [1.54, 1.807) is 31.3 Å². The predicted octanol–water partition coefficient (Wildman–Crippen LogP) is 3.97. The van der Waals surface area contributed by atoms with E-state index in [0.29, 0.717) is 49.4 Å². The van der Waals surface area contributed by atoms with Crippen molar-refractivity contribution in [1.82, 2.24) is 15.5 Å². The summed E-state index contributed by atoms with van der Waals surface area (Å²) in [6.45, 7) is 0.933. The van der Waals surface area contributed by atoms with Crippen LogP contribution >= 0.6 is 24.0 Å². The second-order valence-electron chi connectivity index (χ2n) is 7.75. The minimum Gasteiger partial charge on any atom is -0.356 e. The first-order valence-corrected chi connectivity index (χ1v) is 10.3. The molecule has 1 aliphatic heterocycles. The van der Waals surface area contributed by atoms with Gasteiger partial charge < -0.3 is 10.6 Å². The first-order chi connectivity index (χ1) is 14.3. The molecule has 1 aliphatic carbocycles. The summed E-state index contributed by atoms with van der Waals surface area (Å²) in [7, 11) is 1.62. The number of unbranched alkanes of at least 4 members (excludes halogenated alkanes) is 1. The Kier molecular flexibility index (Phi) is 9.14. The summed E-state index contributed by atoms with van der Waals surface area (Å²) in [5, 5.41) is 6.34. The Bertz CT molecular complexity index is 773. The lowest BCUT2D eigenvalue weighted by Gasteiger charge is -2.31. The average molecular weight is 552 g/mol. The Balaban J connectivity index is 0.00000341. The van der Waals surface area contributed by atoms with E-state index < -0.39 is 12.1 Å². The highest BCUT2D eigenvalue weighted by Crippen LogP contribution is 2.37. The monoisotopic (exact) mass is 552 g/mol. The number of nitrogens with one attached hydrogen (secondary N) is 2. The molecule has 2 N–H and O–H groups in total. The molecule has 10 heteroatoms. The Labute approximate surface area is 197 Å². The third-order valence-electron chi connectivity index (χ3n) is 5.73. The van der Waals surface area contributed by atoms with Crippen LogP contribution in [0.2, 0.25) is 0 Å². The van der Waals surface area contributed by atoms with Crippen molar-refractivity contribution in [1.29, 1.82) is 0 Å². The summed E-state index contributed by atoms with van der Waals surface area (Å²) in [4.78, 5) is 30.0. The number of imide groups is 1. The van der Waals surface area contributed by atoms with Crippen molar-refractivity contribution >= 4 is 41.8 Å². The van der Waals surface area contributed by atoms with E-state index in [1.807, 2.05) is 0 Å². The van der Waals surface area contributed by atoms with Gasteiger partial charge in [0, 0.05) is 26.2 Å². The predicted molar refractivity (Wildman–Crippen MR) is 123 cm³/mol. The molecule has 31 heavy (non-hydrogen) atoms. The Hall–Kier alpha value is -1.85. The number of hydrogen-bond donors (Lipinski definition) is 2. The summed E-state index contributed by atoms with van der Waals surface area (Å²) in [5.41, 5.74) is 0.899. The van der Waals surface area contributed by atoms with Crippen LogP contribution in [0, 0.1) is 5.92 Å². The van der Waals surface area contributed by atoms with Crippen molar-refractivity contribution in [2.75, 3.05) is 20.1 Å². The SMILES string of the molecule is CN=C(NCCCCN1C(=O)c2ccccc2C1=O)NC1CCC(C(F)(F)F)CC1.I. The lowest BCUT2D eigenvalue weighted by molar-refractivity contribution is -0.182. The maximum atomic E-state index is 12.8. The third-order valence-corrected chi connectivity index (χ3v) is 5.73. The molecule has 1 fully saturated rings. The van der Waals surface area contributed by atoms with E-state index in [-0.39, 0.29) is 54.7 Å². The Morgan fingerprint density at radius 1 is 1.06 bits per heavy atom. The molecule has 0 spiro atoms. The number of guanidine groups is 1. The molecule has 172 valence electrons. The molecule has 0 unspecified atom stereocenters. The highest BCUT2D eigenvalue weighted by Gasteiger charge is 2.41. The molecule has 6 nitrogen and oxygen atoms in total. The Morgan fingerprint density at radius 3 is 2.16 bits per heavy atom. The second kappa shape index (κ2) is 11.1. The number of nitrogens with zero attached hydrogens (tertiary/aromatic N) is 2. The van der Waals surface area contributed by atoms with Crippen LogP contribution in [0.1, 0.15) is 59.2 Å². The van der Waals surface area contributed by atoms with Gasteiger partial charge in [0.15, 0.2) is 5.96 Å². The van der Waals surface area contributed by atoms with Gasteiger partial charge in [-0.05, 0) is 50.7 Å². The van der Waals surface area contributed by atoms with Crippen molar-refractivity contribution in [3.63, 3.8) is 0 Å².